The van der Waals surface area contributed by atoms with Crippen molar-refractivity contribution >= 4 is 34.6 Å². The Labute approximate surface area is 176 Å². The fourth-order valence-corrected chi connectivity index (χ4v) is 2.89. The smallest absolute Gasteiger partial charge is 0.399 e. The van der Waals surface area contributed by atoms with Gasteiger partial charge in [0.05, 0.1) is 11.3 Å². The normalized spacial score (nSPS) is 11.1. The van der Waals surface area contributed by atoms with Gasteiger partial charge in [-0.05, 0) is 73.2 Å². The Morgan fingerprint density at radius 2 is 1.19 bits per heavy atom. The summed E-state index contributed by atoms with van der Waals surface area (Å²) in [5.41, 5.74) is 11.9. The highest BCUT2D eigenvalue weighted by Crippen LogP contribution is 2.36. The van der Waals surface area contributed by atoms with Gasteiger partial charge in [-0.1, -0.05) is 0 Å². The van der Waals surface area contributed by atoms with Crippen LogP contribution in [-0.4, -0.2) is 11.8 Å². The van der Waals surface area contributed by atoms with Crippen LogP contribution in [0.15, 0.2) is 60.7 Å². The van der Waals surface area contributed by atoms with Gasteiger partial charge >= 0.3 is 6.18 Å². The molecule has 0 atom stereocenters. The van der Waals surface area contributed by atoms with E-state index < -0.39 is 29.2 Å². The number of rotatable bonds is 4. The van der Waals surface area contributed by atoms with Crippen LogP contribution >= 0.6 is 0 Å². The summed E-state index contributed by atoms with van der Waals surface area (Å²) in [4.78, 5) is 24.8. The number of nitrogen functional groups attached to an aromatic ring is 2. The molecule has 0 heterocycles. The Morgan fingerprint density at radius 3 is 1.68 bits per heavy atom. The number of carbonyl (C=O) groups is 2. The molecule has 6 N–H and O–H groups in total. The van der Waals surface area contributed by atoms with Gasteiger partial charge in [0.15, 0.2) is 0 Å². The van der Waals surface area contributed by atoms with Crippen LogP contribution in [0, 0.1) is 6.92 Å². The number of halogens is 3. The molecule has 31 heavy (non-hydrogen) atoms. The molecule has 0 aliphatic rings. The first-order valence-electron chi connectivity index (χ1n) is 9.10. The first-order valence-corrected chi connectivity index (χ1v) is 9.10. The molecular weight excluding hydrogens is 409 g/mol. The van der Waals surface area contributed by atoms with Crippen molar-refractivity contribution in [1.29, 1.82) is 0 Å². The van der Waals surface area contributed by atoms with Crippen molar-refractivity contribution in [3.05, 3.63) is 82.9 Å². The van der Waals surface area contributed by atoms with Gasteiger partial charge in [0.25, 0.3) is 11.8 Å². The minimum absolute atomic E-state index is 0.0722. The minimum atomic E-state index is -4.68. The zero-order chi connectivity index (χ0) is 22.8. The molecule has 0 saturated carbocycles. The lowest BCUT2D eigenvalue weighted by molar-refractivity contribution is -0.136. The van der Waals surface area contributed by atoms with E-state index in [9.17, 15) is 22.8 Å². The molecule has 0 radical (unpaired) electrons. The maximum Gasteiger partial charge on any atom is 0.418 e. The maximum atomic E-state index is 13.2. The van der Waals surface area contributed by atoms with Gasteiger partial charge in [-0.25, -0.2) is 0 Å². The lowest BCUT2D eigenvalue weighted by Crippen LogP contribution is -2.17. The average Bonchev–Trinajstić information content (AvgIpc) is 2.70. The molecule has 3 rings (SSSR count). The molecule has 6 nitrogen and oxygen atoms in total. The van der Waals surface area contributed by atoms with Gasteiger partial charge in [-0.2, -0.15) is 13.2 Å². The van der Waals surface area contributed by atoms with Crippen LogP contribution in [0.1, 0.15) is 31.8 Å². The highest BCUT2D eigenvalue weighted by molar-refractivity contribution is 6.07. The Morgan fingerprint density at radius 1 is 0.742 bits per heavy atom. The lowest BCUT2D eigenvalue weighted by Gasteiger charge is -2.14. The number of aryl methyl sites for hydroxylation is 1. The first kappa shape index (κ1) is 21.7. The van der Waals surface area contributed by atoms with Gasteiger partial charge in [0.2, 0.25) is 0 Å². The standard InChI is InChI=1S/C22H19F3N4O2/c1-12-10-15(26)6-8-18(12)28-20(30)13-2-4-14(5-3-13)21(31)29-19-9-7-16(27)11-17(19)22(23,24)25/h2-11H,26-27H2,1H3,(H,28,30)(H,29,31). The number of nitrogens with one attached hydrogen (secondary N) is 2. The number of nitrogens with two attached hydrogens (primary N) is 2. The van der Waals surface area contributed by atoms with E-state index in [2.05, 4.69) is 10.6 Å². The summed E-state index contributed by atoms with van der Waals surface area (Å²) in [6.07, 6.45) is -4.68. The molecule has 9 heteroatoms. The van der Waals surface area contributed by atoms with Gasteiger partial charge in [0, 0.05) is 28.2 Å². The predicted octanol–water partition coefficient (Wildman–Crippen LogP) is 4.68. The summed E-state index contributed by atoms with van der Waals surface area (Å²) in [6.45, 7) is 1.80. The van der Waals surface area contributed by atoms with Crippen LogP contribution in [0.5, 0.6) is 0 Å². The first-order chi connectivity index (χ1) is 14.5. The predicted molar refractivity (Wildman–Crippen MR) is 114 cm³/mol. The molecular formula is C22H19F3N4O2. The van der Waals surface area contributed by atoms with E-state index >= 15 is 0 Å². The quantitative estimate of drug-likeness (QED) is 0.452. The Bertz CT molecular complexity index is 1140. The number of hydrogen-bond donors (Lipinski definition) is 4. The summed E-state index contributed by atoms with van der Waals surface area (Å²) in [5, 5.41) is 4.97. The highest BCUT2D eigenvalue weighted by Gasteiger charge is 2.34. The van der Waals surface area contributed by atoms with Crippen LogP contribution in [0.3, 0.4) is 0 Å². The summed E-state index contributed by atoms with van der Waals surface area (Å²) >= 11 is 0. The van der Waals surface area contributed by atoms with Gasteiger partial charge in [0.1, 0.15) is 0 Å². The second-order valence-electron chi connectivity index (χ2n) is 6.86. The van der Waals surface area contributed by atoms with E-state index in [1.165, 1.54) is 30.3 Å². The molecule has 0 spiro atoms. The van der Waals surface area contributed by atoms with Crippen molar-refractivity contribution in [2.75, 3.05) is 22.1 Å². The largest absolute Gasteiger partial charge is 0.418 e. The van der Waals surface area contributed by atoms with Crippen molar-refractivity contribution in [2.45, 2.75) is 13.1 Å². The number of anilines is 4. The van der Waals surface area contributed by atoms with Crippen LogP contribution in [-0.2, 0) is 6.18 Å². The molecule has 3 aromatic rings. The fourth-order valence-electron chi connectivity index (χ4n) is 2.89. The number of amides is 2. The number of benzene rings is 3. The van der Waals surface area contributed by atoms with E-state index in [1.807, 2.05) is 0 Å². The molecule has 0 unspecified atom stereocenters. The SMILES string of the molecule is Cc1cc(N)ccc1NC(=O)c1ccc(C(=O)Nc2ccc(N)cc2C(F)(F)F)cc1. The Balaban J connectivity index is 1.74. The van der Waals surface area contributed by atoms with Crippen molar-refractivity contribution < 1.29 is 22.8 Å². The van der Waals surface area contributed by atoms with E-state index in [1.54, 1.807) is 25.1 Å². The molecule has 3 aromatic carbocycles. The van der Waals surface area contributed by atoms with E-state index in [4.69, 9.17) is 11.5 Å². The summed E-state index contributed by atoms with van der Waals surface area (Å²) < 4.78 is 39.6. The average molecular weight is 428 g/mol. The highest BCUT2D eigenvalue weighted by atomic mass is 19.4. The molecule has 0 aliphatic carbocycles. The molecule has 0 bridgehead atoms. The van der Waals surface area contributed by atoms with Crippen LogP contribution < -0.4 is 22.1 Å². The fraction of sp³-hybridized carbons (Fsp3) is 0.0909. The Kier molecular flexibility index (Phi) is 5.87. The topological polar surface area (TPSA) is 110 Å². The zero-order valence-electron chi connectivity index (χ0n) is 16.4. The monoisotopic (exact) mass is 428 g/mol. The molecule has 0 fully saturated rings. The van der Waals surface area contributed by atoms with Crippen molar-refractivity contribution in [3.8, 4) is 0 Å². The Hall–Kier alpha value is -4.01. The van der Waals surface area contributed by atoms with Crippen molar-refractivity contribution in [1.82, 2.24) is 0 Å². The molecule has 0 aliphatic heterocycles. The van der Waals surface area contributed by atoms with E-state index in [-0.39, 0.29) is 16.8 Å². The summed E-state index contributed by atoms with van der Waals surface area (Å²) in [7, 11) is 0. The zero-order valence-corrected chi connectivity index (χ0v) is 16.4. The third-order valence-corrected chi connectivity index (χ3v) is 4.51. The molecule has 0 saturated heterocycles. The maximum absolute atomic E-state index is 13.2. The summed E-state index contributed by atoms with van der Waals surface area (Å²) in [6, 6.07) is 13.7. The second kappa shape index (κ2) is 8.39. The number of hydrogen-bond acceptors (Lipinski definition) is 4. The number of alkyl halides is 3. The summed E-state index contributed by atoms with van der Waals surface area (Å²) in [5.74, 6) is -1.16. The van der Waals surface area contributed by atoms with Crippen LogP contribution in [0.4, 0.5) is 35.9 Å². The second-order valence-corrected chi connectivity index (χ2v) is 6.86. The van der Waals surface area contributed by atoms with Crippen LogP contribution in [0.2, 0.25) is 0 Å². The molecule has 0 aromatic heterocycles. The van der Waals surface area contributed by atoms with Gasteiger partial charge in [-0.3, -0.25) is 9.59 Å². The molecule has 160 valence electrons. The minimum Gasteiger partial charge on any atom is -0.399 e. The lowest BCUT2D eigenvalue weighted by atomic mass is 10.1. The third-order valence-electron chi connectivity index (χ3n) is 4.51. The van der Waals surface area contributed by atoms with Crippen LogP contribution in [0.25, 0.3) is 0 Å². The van der Waals surface area contributed by atoms with Gasteiger partial charge in [-0.15, -0.1) is 0 Å². The van der Waals surface area contributed by atoms with Gasteiger partial charge < -0.3 is 22.1 Å². The molecule has 2 amide bonds. The van der Waals surface area contributed by atoms with E-state index in [0.717, 1.165) is 17.7 Å². The van der Waals surface area contributed by atoms with Crippen molar-refractivity contribution in [3.63, 3.8) is 0 Å². The van der Waals surface area contributed by atoms with Crippen molar-refractivity contribution in [2.24, 2.45) is 0 Å². The number of carbonyl (C=O) groups excluding carboxylic acids is 2. The third kappa shape index (κ3) is 5.13. The van der Waals surface area contributed by atoms with E-state index in [0.29, 0.717) is 11.4 Å².